The van der Waals surface area contributed by atoms with Crippen LogP contribution >= 0.6 is 0 Å². The second kappa shape index (κ2) is 6.14. The first-order chi connectivity index (χ1) is 11.3. The molecular formula is C18H22N4O. The van der Waals surface area contributed by atoms with Crippen molar-refractivity contribution < 1.29 is 4.79 Å². The van der Waals surface area contributed by atoms with Crippen LogP contribution in [-0.4, -0.2) is 38.7 Å². The molecule has 2 heterocycles. The Morgan fingerprint density at radius 2 is 2.09 bits per heavy atom. The molecule has 5 heteroatoms. The van der Waals surface area contributed by atoms with Crippen molar-refractivity contribution in [1.82, 2.24) is 19.7 Å². The molecule has 1 fully saturated rings. The highest BCUT2D eigenvalue weighted by Crippen LogP contribution is 2.34. The van der Waals surface area contributed by atoms with Crippen LogP contribution in [0.25, 0.3) is 0 Å². The maximum Gasteiger partial charge on any atom is 0.230 e. The van der Waals surface area contributed by atoms with E-state index in [2.05, 4.69) is 34.3 Å². The Kier molecular flexibility index (Phi) is 3.85. The van der Waals surface area contributed by atoms with Crippen molar-refractivity contribution in [2.75, 3.05) is 13.1 Å². The maximum atomic E-state index is 13.1. The summed E-state index contributed by atoms with van der Waals surface area (Å²) in [6.07, 6.45) is 8.60. The van der Waals surface area contributed by atoms with Crippen LogP contribution in [0.3, 0.4) is 0 Å². The molecule has 1 saturated heterocycles. The number of fused-ring (bicyclic) bond motifs is 1. The van der Waals surface area contributed by atoms with E-state index >= 15 is 0 Å². The fourth-order valence-corrected chi connectivity index (χ4v) is 4.01. The van der Waals surface area contributed by atoms with Crippen molar-refractivity contribution >= 4 is 5.91 Å². The molecule has 0 N–H and O–H groups in total. The van der Waals surface area contributed by atoms with Gasteiger partial charge in [0.1, 0.15) is 12.7 Å². The van der Waals surface area contributed by atoms with Crippen molar-refractivity contribution in [3.8, 4) is 0 Å². The molecule has 120 valence electrons. The van der Waals surface area contributed by atoms with Crippen LogP contribution in [-0.2, 0) is 11.2 Å². The zero-order chi connectivity index (χ0) is 15.6. The summed E-state index contributed by atoms with van der Waals surface area (Å²) in [7, 11) is 0. The van der Waals surface area contributed by atoms with Gasteiger partial charge in [0.25, 0.3) is 0 Å². The zero-order valence-corrected chi connectivity index (χ0v) is 13.3. The Morgan fingerprint density at radius 1 is 1.17 bits per heavy atom. The fourth-order valence-electron chi connectivity index (χ4n) is 4.01. The predicted molar refractivity (Wildman–Crippen MR) is 87.0 cm³/mol. The molecule has 4 rings (SSSR count). The van der Waals surface area contributed by atoms with E-state index in [1.807, 2.05) is 9.58 Å². The third-order valence-electron chi connectivity index (χ3n) is 5.19. The summed E-state index contributed by atoms with van der Waals surface area (Å²) >= 11 is 0. The first-order valence-corrected chi connectivity index (χ1v) is 8.53. The number of piperidine rings is 1. The molecule has 23 heavy (non-hydrogen) atoms. The molecule has 2 aliphatic rings. The first-order valence-electron chi connectivity index (χ1n) is 8.53. The van der Waals surface area contributed by atoms with Crippen molar-refractivity contribution in [2.24, 2.45) is 0 Å². The van der Waals surface area contributed by atoms with Crippen molar-refractivity contribution in [3.05, 3.63) is 48.0 Å². The van der Waals surface area contributed by atoms with Gasteiger partial charge < -0.3 is 4.90 Å². The van der Waals surface area contributed by atoms with Crippen molar-refractivity contribution in [2.45, 2.75) is 44.1 Å². The third kappa shape index (κ3) is 2.76. The summed E-state index contributed by atoms with van der Waals surface area (Å²) in [5.41, 5.74) is 2.59. The van der Waals surface area contributed by atoms with Gasteiger partial charge in [0.05, 0.1) is 12.0 Å². The minimum absolute atomic E-state index is 0.0365. The number of rotatable bonds is 2. The average molecular weight is 310 g/mol. The molecule has 1 aliphatic heterocycles. The third-order valence-corrected chi connectivity index (χ3v) is 5.19. The van der Waals surface area contributed by atoms with Gasteiger partial charge in [-0.1, -0.05) is 24.3 Å². The van der Waals surface area contributed by atoms with E-state index in [1.165, 1.54) is 11.1 Å². The molecule has 2 unspecified atom stereocenters. The molecule has 1 aromatic heterocycles. The number of aryl methyl sites for hydroxylation is 1. The summed E-state index contributed by atoms with van der Waals surface area (Å²) in [5.74, 6) is 0.330. The lowest BCUT2D eigenvalue weighted by Gasteiger charge is -2.36. The molecule has 0 radical (unpaired) electrons. The second-order valence-electron chi connectivity index (χ2n) is 6.60. The van der Waals surface area contributed by atoms with Crippen LogP contribution in [0.5, 0.6) is 0 Å². The molecule has 5 nitrogen and oxygen atoms in total. The van der Waals surface area contributed by atoms with Crippen LogP contribution in [0.2, 0.25) is 0 Å². The van der Waals surface area contributed by atoms with E-state index in [0.29, 0.717) is 5.91 Å². The lowest BCUT2D eigenvalue weighted by atomic mass is 9.82. The topological polar surface area (TPSA) is 51.0 Å². The SMILES string of the molecule is O=C(C1CCCc2ccccc21)N1CCCC(n2cncn2)C1. The average Bonchev–Trinajstić information content (AvgIpc) is 3.15. The highest BCUT2D eigenvalue weighted by Gasteiger charge is 2.32. The van der Waals surface area contributed by atoms with Crippen molar-refractivity contribution in [3.63, 3.8) is 0 Å². The smallest absolute Gasteiger partial charge is 0.230 e. The van der Waals surface area contributed by atoms with Crippen LogP contribution < -0.4 is 0 Å². The van der Waals surface area contributed by atoms with E-state index in [9.17, 15) is 4.79 Å². The summed E-state index contributed by atoms with van der Waals surface area (Å²) in [6.45, 7) is 1.61. The molecule has 0 spiro atoms. The minimum atomic E-state index is 0.0365. The number of hydrogen-bond donors (Lipinski definition) is 0. The molecule has 2 aromatic rings. The van der Waals surface area contributed by atoms with E-state index in [4.69, 9.17) is 0 Å². The van der Waals surface area contributed by atoms with E-state index in [-0.39, 0.29) is 12.0 Å². The van der Waals surface area contributed by atoms with Gasteiger partial charge in [-0.25, -0.2) is 9.67 Å². The number of carbonyl (C=O) groups is 1. The highest BCUT2D eigenvalue weighted by atomic mass is 16.2. The van der Waals surface area contributed by atoms with E-state index in [0.717, 1.165) is 45.2 Å². The molecule has 1 aliphatic carbocycles. The number of benzene rings is 1. The molecule has 0 bridgehead atoms. The van der Waals surface area contributed by atoms with Gasteiger partial charge in [0.2, 0.25) is 5.91 Å². The Balaban J connectivity index is 1.53. The fraction of sp³-hybridized carbons (Fsp3) is 0.500. The molecule has 1 aromatic carbocycles. The van der Waals surface area contributed by atoms with Gasteiger partial charge in [0.15, 0.2) is 0 Å². The monoisotopic (exact) mass is 310 g/mol. The van der Waals surface area contributed by atoms with Crippen LogP contribution in [0.1, 0.15) is 48.8 Å². The van der Waals surface area contributed by atoms with Gasteiger partial charge in [-0.15, -0.1) is 0 Å². The molecular weight excluding hydrogens is 288 g/mol. The van der Waals surface area contributed by atoms with Crippen LogP contribution in [0, 0.1) is 0 Å². The Hall–Kier alpha value is -2.17. The Bertz CT molecular complexity index is 682. The first kappa shape index (κ1) is 14.4. The van der Waals surface area contributed by atoms with Gasteiger partial charge in [-0.05, 0) is 43.2 Å². The molecule has 0 saturated carbocycles. The highest BCUT2D eigenvalue weighted by molar-refractivity contribution is 5.84. The Morgan fingerprint density at radius 3 is 2.96 bits per heavy atom. The van der Waals surface area contributed by atoms with E-state index in [1.54, 1.807) is 12.7 Å². The van der Waals surface area contributed by atoms with Gasteiger partial charge in [-0.2, -0.15) is 5.10 Å². The largest absolute Gasteiger partial charge is 0.340 e. The zero-order valence-electron chi connectivity index (χ0n) is 13.3. The maximum absolute atomic E-state index is 13.1. The van der Waals surface area contributed by atoms with Crippen LogP contribution in [0.4, 0.5) is 0 Å². The predicted octanol–water partition coefficient (Wildman–Crippen LogP) is 2.56. The second-order valence-corrected chi connectivity index (χ2v) is 6.60. The molecule has 1 amide bonds. The number of nitrogens with zero attached hydrogens (tertiary/aromatic N) is 4. The normalized spacial score (nSPS) is 24.3. The number of amides is 1. The summed E-state index contributed by atoms with van der Waals surface area (Å²) in [6, 6.07) is 8.69. The van der Waals surface area contributed by atoms with Crippen molar-refractivity contribution in [1.29, 1.82) is 0 Å². The number of hydrogen-bond acceptors (Lipinski definition) is 3. The molecule has 2 atom stereocenters. The number of carbonyl (C=O) groups excluding carboxylic acids is 1. The van der Waals surface area contributed by atoms with Gasteiger partial charge in [0, 0.05) is 13.1 Å². The quantitative estimate of drug-likeness (QED) is 0.856. The summed E-state index contributed by atoms with van der Waals surface area (Å²) in [5, 5.41) is 4.25. The number of aromatic nitrogens is 3. The number of likely N-dealkylation sites (tertiary alicyclic amines) is 1. The van der Waals surface area contributed by atoms with E-state index < -0.39 is 0 Å². The lowest BCUT2D eigenvalue weighted by molar-refractivity contribution is -0.134. The summed E-state index contributed by atoms with van der Waals surface area (Å²) < 4.78 is 1.90. The minimum Gasteiger partial charge on any atom is -0.340 e. The van der Waals surface area contributed by atoms with Crippen LogP contribution in [0.15, 0.2) is 36.9 Å². The Labute approximate surface area is 136 Å². The standard InChI is InChI=1S/C18H22N4O/c23-18(17-9-3-6-14-5-1-2-8-16(14)17)21-10-4-7-15(11-21)22-13-19-12-20-22/h1-2,5,8,12-13,15,17H,3-4,6-7,9-11H2. The van der Waals surface area contributed by atoms with Gasteiger partial charge >= 0.3 is 0 Å². The lowest BCUT2D eigenvalue weighted by Crippen LogP contribution is -2.43. The van der Waals surface area contributed by atoms with Gasteiger partial charge in [-0.3, -0.25) is 4.79 Å². The summed E-state index contributed by atoms with van der Waals surface area (Å²) in [4.78, 5) is 19.2.